The van der Waals surface area contributed by atoms with Gasteiger partial charge in [-0.3, -0.25) is 9.59 Å². The standard InChI is InChI=1S/C23H33FO4/c1-5-19(27-21(26)22(3,4)6-2)16-20(25)28-23(14-8-7-9-15-23)17-10-12-18(24)13-11-17/h10-13,19H,5-9,14-16H2,1-4H3. The highest BCUT2D eigenvalue weighted by molar-refractivity contribution is 5.77. The molecule has 0 bridgehead atoms. The number of hydrogen-bond donors (Lipinski definition) is 0. The maximum atomic E-state index is 13.3. The normalized spacial score (nSPS) is 17.6. The molecule has 0 spiro atoms. The predicted molar refractivity (Wildman–Crippen MR) is 106 cm³/mol. The van der Waals surface area contributed by atoms with Crippen molar-refractivity contribution in [2.45, 2.75) is 90.8 Å². The van der Waals surface area contributed by atoms with Crippen molar-refractivity contribution in [1.82, 2.24) is 0 Å². The van der Waals surface area contributed by atoms with E-state index in [1.165, 1.54) is 12.1 Å². The van der Waals surface area contributed by atoms with Crippen LogP contribution in [-0.2, 0) is 24.7 Å². The molecule has 1 fully saturated rings. The number of ether oxygens (including phenoxy) is 2. The maximum absolute atomic E-state index is 13.3. The molecule has 1 aromatic rings. The van der Waals surface area contributed by atoms with Crippen molar-refractivity contribution in [3.63, 3.8) is 0 Å². The summed E-state index contributed by atoms with van der Waals surface area (Å²) in [7, 11) is 0. The molecule has 0 amide bonds. The summed E-state index contributed by atoms with van der Waals surface area (Å²) in [6, 6.07) is 6.22. The lowest BCUT2D eigenvalue weighted by Crippen LogP contribution is -2.37. The molecule has 2 rings (SSSR count). The number of esters is 2. The first-order chi connectivity index (χ1) is 13.2. The maximum Gasteiger partial charge on any atom is 0.311 e. The Morgan fingerprint density at radius 2 is 1.71 bits per heavy atom. The van der Waals surface area contributed by atoms with E-state index in [0.717, 1.165) is 37.7 Å². The summed E-state index contributed by atoms with van der Waals surface area (Å²) in [5.74, 6) is -0.974. The fourth-order valence-electron chi connectivity index (χ4n) is 3.50. The monoisotopic (exact) mass is 392 g/mol. The number of carbonyl (C=O) groups is 2. The van der Waals surface area contributed by atoms with Gasteiger partial charge < -0.3 is 9.47 Å². The molecule has 1 aromatic carbocycles. The Morgan fingerprint density at radius 1 is 1.11 bits per heavy atom. The average Bonchev–Trinajstić information content (AvgIpc) is 2.68. The molecule has 0 aliphatic heterocycles. The lowest BCUT2D eigenvalue weighted by Gasteiger charge is -2.37. The van der Waals surface area contributed by atoms with Gasteiger partial charge in [-0.1, -0.05) is 32.4 Å². The molecular formula is C23H33FO4. The Morgan fingerprint density at radius 3 is 2.25 bits per heavy atom. The lowest BCUT2D eigenvalue weighted by molar-refractivity contribution is -0.172. The molecule has 1 aliphatic rings. The Labute approximate surface area is 167 Å². The summed E-state index contributed by atoms with van der Waals surface area (Å²) in [5.41, 5.74) is -0.455. The highest BCUT2D eigenvalue weighted by Gasteiger charge is 2.38. The van der Waals surface area contributed by atoms with Gasteiger partial charge in [0, 0.05) is 0 Å². The minimum atomic E-state index is -0.714. The molecule has 0 saturated heterocycles. The van der Waals surface area contributed by atoms with Crippen LogP contribution in [0.1, 0.15) is 84.6 Å². The molecule has 5 heteroatoms. The van der Waals surface area contributed by atoms with Gasteiger partial charge in [0.25, 0.3) is 0 Å². The predicted octanol–water partition coefficient (Wildman–Crippen LogP) is 5.68. The van der Waals surface area contributed by atoms with Gasteiger partial charge in [0.2, 0.25) is 0 Å². The second-order valence-electron chi connectivity index (χ2n) is 8.41. The van der Waals surface area contributed by atoms with Crippen LogP contribution in [-0.4, -0.2) is 18.0 Å². The van der Waals surface area contributed by atoms with Crippen LogP contribution in [0, 0.1) is 11.2 Å². The van der Waals surface area contributed by atoms with Crippen LogP contribution in [0.5, 0.6) is 0 Å². The van der Waals surface area contributed by atoms with E-state index in [0.29, 0.717) is 12.8 Å². The van der Waals surface area contributed by atoms with Crippen LogP contribution in [0.25, 0.3) is 0 Å². The zero-order valence-corrected chi connectivity index (χ0v) is 17.6. The smallest absolute Gasteiger partial charge is 0.311 e. The molecule has 1 saturated carbocycles. The van der Waals surface area contributed by atoms with Gasteiger partial charge in [-0.05, 0) is 70.1 Å². The van der Waals surface area contributed by atoms with Gasteiger partial charge in [0.1, 0.15) is 17.5 Å². The summed E-state index contributed by atoms with van der Waals surface area (Å²) in [4.78, 5) is 25.1. The molecule has 0 radical (unpaired) electrons. The Kier molecular flexibility index (Phi) is 7.62. The summed E-state index contributed by atoms with van der Waals surface area (Å²) >= 11 is 0. The van der Waals surface area contributed by atoms with E-state index in [9.17, 15) is 14.0 Å². The molecule has 0 aromatic heterocycles. The van der Waals surface area contributed by atoms with Gasteiger partial charge in [-0.25, -0.2) is 4.39 Å². The summed E-state index contributed by atoms with van der Waals surface area (Å²) in [6.45, 7) is 7.50. The third-order valence-corrected chi connectivity index (χ3v) is 5.90. The number of rotatable bonds is 8. The van der Waals surface area contributed by atoms with Gasteiger partial charge in [-0.15, -0.1) is 0 Å². The van der Waals surface area contributed by atoms with Gasteiger partial charge in [0.05, 0.1) is 11.8 Å². The van der Waals surface area contributed by atoms with Crippen LogP contribution in [0.3, 0.4) is 0 Å². The van der Waals surface area contributed by atoms with E-state index in [1.807, 2.05) is 27.7 Å². The van der Waals surface area contributed by atoms with Crippen LogP contribution in [0.15, 0.2) is 24.3 Å². The van der Waals surface area contributed by atoms with E-state index in [2.05, 4.69) is 0 Å². The molecule has 4 nitrogen and oxygen atoms in total. The average molecular weight is 393 g/mol. The van der Waals surface area contributed by atoms with Crippen LogP contribution in [0.2, 0.25) is 0 Å². The SMILES string of the molecule is CCC(CC(=O)OC1(c2ccc(F)cc2)CCCCC1)OC(=O)C(C)(C)CC. The Bertz CT molecular complexity index is 660. The zero-order valence-electron chi connectivity index (χ0n) is 17.6. The summed E-state index contributed by atoms with van der Waals surface area (Å²) in [6.07, 6.45) is 5.22. The number of halogens is 1. The van der Waals surface area contributed by atoms with Crippen molar-refractivity contribution in [3.05, 3.63) is 35.6 Å². The van der Waals surface area contributed by atoms with Crippen LogP contribution < -0.4 is 0 Å². The van der Waals surface area contributed by atoms with Crippen molar-refractivity contribution in [3.8, 4) is 0 Å². The second kappa shape index (κ2) is 9.53. The van der Waals surface area contributed by atoms with E-state index in [4.69, 9.17) is 9.47 Å². The summed E-state index contributed by atoms with van der Waals surface area (Å²) < 4.78 is 24.9. The van der Waals surface area contributed by atoms with Gasteiger partial charge in [-0.2, -0.15) is 0 Å². The van der Waals surface area contributed by atoms with Crippen molar-refractivity contribution in [2.75, 3.05) is 0 Å². The molecule has 1 aliphatic carbocycles. The first kappa shape index (κ1) is 22.4. The first-order valence-electron chi connectivity index (χ1n) is 10.4. The van der Waals surface area contributed by atoms with Crippen LogP contribution >= 0.6 is 0 Å². The third-order valence-electron chi connectivity index (χ3n) is 5.90. The minimum absolute atomic E-state index is 0.0327. The largest absolute Gasteiger partial charge is 0.461 e. The summed E-state index contributed by atoms with van der Waals surface area (Å²) in [5, 5.41) is 0. The van der Waals surface area contributed by atoms with Gasteiger partial charge >= 0.3 is 11.9 Å². The molecule has 156 valence electrons. The quantitative estimate of drug-likeness (QED) is 0.534. The van der Waals surface area contributed by atoms with Crippen molar-refractivity contribution >= 4 is 11.9 Å². The van der Waals surface area contributed by atoms with Crippen molar-refractivity contribution in [2.24, 2.45) is 5.41 Å². The van der Waals surface area contributed by atoms with Crippen molar-refractivity contribution < 1.29 is 23.5 Å². The highest BCUT2D eigenvalue weighted by atomic mass is 19.1. The molecule has 0 heterocycles. The third kappa shape index (κ3) is 5.55. The van der Waals surface area contributed by atoms with E-state index in [-0.39, 0.29) is 24.2 Å². The lowest BCUT2D eigenvalue weighted by atomic mass is 9.79. The highest BCUT2D eigenvalue weighted by Crippen LogP contribution is 2.41. The Hall–Kier alpha value is -1.91. The minimum Gasteiger partial charge on any atom is -0.461 e. The number of benzene rings is 1. The van der Waals surface area contributed by atoms with Gasteiger partial charge in [0.15, 0.2) is 0 Å². The zero-order chi connectivity index (χ0) is 20.8. The fraction of sp³-hybridized carbons (Fsp3) is 0.652. The van der Waals surface area contributed by atoms with E-state index in [1.54, 1.807) is 12.1 Å². The molecule has 28 heavy (non-hydrogen) atoms. The number of hydrogen-bond acceptors (Lipinski definition) is 4. The van der Waals surface area contributed by atoms with E-state index < -0.39 is 17.1 Å². The van der Waals surface area contributed by atoms with E-state index >= 15 is 0 Å². The number of carbonyl (C=O) groups excluding carboxylic acids is 2. The Balaban J connectivity index is 2.08. The molecular weight excluding hydrogens is 359 g/mol. The molecule has 1 unspecified atom stereocenters. The molecule has 0 N–H and O–H groups in total. The first-order valence-corrected chi connectivity index (χ1v) is 10.4. The van der Waals surface area contributed by atoms with Crippen LogP contribution in [0.4, 0.5) is 4.39 Å². The second-order valence-corrected chi connectivity index (χ2v) is 8.41. The molecule has 1 atom stereocenters. The topological polar surface area (TPSA) is 52.6 Å². The van der Waals surface area contributed by atoms with Crippen molar-refractivity contribution in [1.29, 1.82) is 0 Å². The fourth-order valence-corrected chi connectivity index (χ4v) is 3.50.